The van der Waals surface area contributed by atoms with Gasteiger partial charge in [-0.15, -0.1) is 0 Å². The first kappa shape index (κ1) is 21.2. The van der Waals surface area contributed by atoms with Gasteiger partial charge < -0.3 is 10.3 Å². The minimum atomic E-state index is -0.391. The molecule has 1 aromatic carbocycles. The summed E-state index contributed by atoms with van der Waals surface area (Å²) in [6, 6.07) is 11.6. The highest BCUT2D eigenvalue weighted by atomic mass is 35.5. The molecule has 0 fully saturated rings. The Hall–Kier alpha value is -3.65. The highest BCUT2D eigenvalue weighted by molar-refractivity contribution is 6.31. The van der Waals surface area contributed by atoms with Crippen molar-refractivity contribution < 1.29 is 0 Å². The van der Waals surface area contributed by atoms with E-state index in [4.69, 9.17) is 22.4 Å². The molecule has 0 saturated heterocycles. The van der Waals surface area contributed by atoms with Crippen LogP contribution < -0.4 is 11.4 Å². The van der Waals surface area contributed by atoms with Crippen LogP contribution in [0.5, 0.6) is 0 Å². The van der Waals surface area contributed by atoms with Gasteiger partial charge in [0.05, 0.1) is 28.8 Å². The predicted octanol–water partition coefficient (Wildman–Crippen LogP) is 4.09. The second-order valence-corrected chi connectivity index (χ2v) is 9.06. The largest absolute Gasteiger partial charge is 0.383 e. The van der Waals surface area contributed by atoms with E-state index in [1.54, 1.807) is 10.8 Å². The number of aromatic nitrogens is 6. The Kier molecular flexibility index (Phi) is 5.17. The van der Waals surface area contributed by atoms with E-state index in [2.05, 4.69) is 23.8 Å². The highest BCUT2D eigenvalue weighted by Gasteiger charge is 2.23. The molecular weight excluding hydrogens is 438 g/mol. The minimum Gasteiger partial charge on any atom is -0.383 e. The molecule has 0 saturated carbocycles. The van der Waals surface area contributed by atoms with Crippen LogP contribution in [0.15, 0.2) is 53.6 Å². The van der Waals surface area contributed by atoms with Crippen molar-refractivity contribution in [3.8, 4) is 11.4 Å². The molecule has 0 spiro atoms. The van der Waals surface area contributed by atoms with Gasteiger partial charge >= 0.3 is 5.69 Å². The van der Waals surface area contributed by atoms with E-state index in [9.17, 15) is 4.79 Å². The van der Waals surface area contributed by atoms with E-state index in [0.29, 0.717) is 29.1 Å². The average molecular weight is 462 g/mol. The molecule has 5 aromatic rings. The number of nitrogens with zero attached hydrogens (tertiary/aromatic N) is 6. The molecule has 168 valence electrons. The molecule has 0 radical (unpaired) electrons. The number of fused-ring (bicyclic) bond motifs is 2. The molecule has 0 amide bonds. The number of pyridine rings is 1. The van der Waals surface area contributed by atoms with Crippen molar-refractivity contribution in [2.24, 2.45) is 13.0 Å². The molecule has 0 unspecified atom stereocenters. The fraction of sp³-hybridized carbons (Fsp3) is 0.250. The number of aryl methyl sites for hydroxylation is 1. The zero-order valence-electron chi connectivity index (χ0n) is 18.7. The standard InChI is InChI=1S/C24H24ClN7O/c1-14(2)12-31-23-20(22(26)28-24(31)33)21(19-5-4-10-30(19)3)32(29-23)13-15-8-9-27-18-7-6-16(25)11-17(15)18/h4-11,14H,12-13H2,1-3H3,(H2,26,28,33). The quantitative estimate of drug-likeness (QED) is 0.425. The van der Waals surface area contributed by atoms with Crippen molar-refractivity contribution in [3.05, 3.63) is 69.9 Å². The van der Waals surface area contributed by atoms with Gasteiger partial charge in [-0.05, 0) is 47.9 Å². The molecule has 0 aliphatic carbocycles. The smallest absolute Gasteiger partial charge is 0.351 e. The molecule has 2 N–H and O–H groups in total. The van der Waals surface area contributed by atoms with Crippen LogP contribution >= 0.6 is 11.6 Å². The van der Waals surface area contributed by atoms with Crippen LogP contribution in [0.2, 0.25) is 5.02 Å². The van der Waals surface area contributed by atoms with Crippen LogP contribution in [-0.2, 0) is 20.1 Å². The number of hydrogen-bond donors (Lipinski definition) is 1. The second-order valence-electron chi connectivity index (χ2n) is 8.62. The number of halogens is 1. The van der Waals surface area contributed by atoms with Crippen molar-refractivity contribution in [2.75, 3.05) is 5.73 Å². The highest BCUT2D eigenvalue weighted by Crippen LogP contribution is 2.33. The maximum Gasteiger partial charge on any atom is 0.351 e. The fourth-order valence-corrected chi connectivity index (χ4v) is 4.44. The molecule has 0 aliphatic rings. The number of nitrogens with two attached hydrogens (primary N) is 1. The van der Waals surface area contributed by atoms with Crippen LogP contribution in [0.3, 0.4) is 0 Å². The lowest BCUT2D eigenvalue weighted by Gasteiger charge is -2.11. The summed E-state index contributed by atoms with van der Waals surface area (Å²) in [6.07, 6.45) is 3.75. The third kappa shape index (κ3) is 3.66. The Morgan fingerprint density at radius 2 is 2.00 bits per heavy atom. The van der Waals surface area contributed by atoms with Gasteiger partial charge in [0.15, 0.2) is 5.65 Å². The third-order valence-corrected chi connectivity index (χ3v) is 5.98. The Bertz CT molecular complexity index is 1560. The number of nitrogen functional groups attached to an aromatic ring is 1. The van der Waals surface area contributed by atoms with Crippen LogP contribution in [0, 0.1) is 5.92 Å². The summed E-state index contributed by atoms with van der Waals surface area (Å²) in [5.41, 5.74) is 10.1. The lowest BCUT2D eigenvalue weighted by atomic mass is 10.1. The van der Waals surface area contributed by atoms with Gasteiger partial charge in [-0.1, -0.05) is 25.4 Å². The number of rotatable bonds is 5. The summed E-state index contributed by atoms with van der Waals surface area (Å²) in [4.78, 5) is 21.3. The Morgan fingerprint density at radius 3 is 2.73 bits per heavy atom. The maximum atomic E-state index is 12.7. The molecule has 0 aliphatic heterocycles. The molecular formula is C24H24ClN7O. The lowest BCUT2D eigenvalue weighted by molar-refractivity contribution is 0.512. The van der Waals surface area contributed by atoms with E-state index in [-0.39, 0.29) is 11.7 Å². The van der Waals surface area contributed by atoms with Gasteiger partial charge in [0.1, 0.15) is 5.82 Å². The van der Waals surface area contributed by atoms with Crippen molar-refractivity contribution in [1.29, 1.82) is 0 Å². The van der Waals surface area contributed by atoms with E-state index < -0.39 is 5.69 Å². The average Bonchev–Trinajstić information content (AvgIpc) is 3.34. The first-order valence-corrected chi connectivity index (χ1v) is 11.1. The molecule has 0 atom stereocenters. The summed E-state index contributed by atoms with van der Waals surface area (Å²) in [5, 5.41) is 7.17. The SMILES string of the molecule is CC(C)Cn1c(=O)nc(N)c2c(-c3cccn3C)n(Cc3ccnc4ccc(Cl)cc34)nc21. The van der Waals surface area contributed by atoms with Crippen LogP contribution in [0.25, 0.3) is 33.3 Å². The second kappa shape index (κ2) is 8.04. The molecule has 9 heteroatoms. The van der Waals surface area contributed by atoms with Gasteiger partial charge in [0, 0.05) is 36.4 Å². The topological polar surface area (TPSA) is 96.6 Å². The first-order chi connectivity index (χ1) is 15.8. The van der Waals surface area contributed by atoms with Crippen molar-refractivity contribution >= 4 is 39.4 Å². The van der Waals surface area contributed by atoms with Gasteiger partial charge in [0.25, 0.3) is 0 Å². The Morgan fingerprint density at radius 1 is 1.18 bits per heavy atom. The zero-order valence-corrected chi connectivity index (χ0v) is 19.4. The van der Waals surface area contributed by atoms with Crippen molar-refractivity contribution in [2.45, 2.75) is 26.9 Å². The number of benzene rings is 1. The summed E-state index contributed by atoms with van der Waals surface area (Å²) in [5.74, 6) is 0.423. The monoisotopic (exact) mass is 461 g/mol. The summed E-state index contributed by atoms with van der Waals surface area (Å²) in [7, 11) is 1.97. The van der Waals surface area contributed by atoms with Gasteiger partial charge in [-0.25, -0.2) is 4.79 Å². The van der Waals surface area contributed by atoms with Crippen LogP contribution in [-0.4, -0.2) is 28.9 Å². The molecule has 8 nitrogen and oxygen atoms in total. The Labute approximate surface area is 195 Å². The van der Waals surface area contributed by atoms with Crippen LogP contribution in [0.4, 0.5) is 5.82 Å². The zero-order chi connectivity index (χ0) is 23.3. The number of hydrogen-bond acceptors (Lipinski definition) is 5. The summed E-state index contributed by atoms with van der Waals surface area (Å²) < 4.78 is 5.51. The molecule has 0 bridgehead atoms. The number of anilines is 1. The molecule has 5 rings (SSSR count). The minimum absolute atomic E-state index is 0.181. The first-order valence-electron chi connectivity index (χ1n) is 10.7. The predicted molar refractivity (Wildman–Crippen MR) is 131 cm³/mol. The molecule has 4 heterocycles. The summed E-state index contributed by atoms with van der Waals surface area (Å²) in [6.45, 7) is 5.05. The van der Waals surface area contributed by atoms with Gasteiger partial charge in [-0.2, -0.15) is 10.1 Å². The van der Waals surface area contributed by atoms with Crippen LogP contribution in [0.1, 0.15) is 19.4 Å². The summed E-state index contributed by atoms with van der Waals surface area (Å²) >= 11 is 6.28. The lowest BCUT2D eigenvalue weighted by Crippen LogP contribution is -2.26. The third-order valence-electron chi connectivity index (χ3n) is 5.74. The molecule has 33 heavy (non-hydrogen) atoms. The maximum absolute atomic E-state index is 12.7. The van der Waals surface area contributed by atoms with Gasteiger partial charge in [-0.3, -0.25) is 14.2 Å². The van der Waals surface area contributed by atoms with E-state index in [0.717, 1.165) is 27.9 Å². The van der Waals surface area contributed by atoms with E-state index >= 15 is 0 Å². The van der Waals surface area contributed by atoms with Crippen molar-refractivity contribution in [1.82, 2.24) is 28.9 Å². The fourth-order valence-electron chi connectivity index (χ4n) is 4.27. The molecule has 4 aromatic heterocycles. The normalized spacial score (nSPS) is 11.8. The van der Waals surface area contributed by atoms with Gasteiger partial charge in [0.2, 0.25) is 0 Å². The Balaban J connectivity index is 1.81. The van der Waals surface area contributed by atoms with E-state index in [1.165, 1.54) is 0 Å². The van der Waals surface area contributed by atoms with E-state index in [1.807, 2.05) is 58.9 Å². The van der Waals surface area contributed by atoms with Crippen molar-refractivity contribution in [3.63, 3.8) is 0 Å².